The van der Waals surface area contributed by atoms with E-state index in [-0.39, 0.29) is 5.91 Å². The number of pyridine rings is 1. The summed E-state index contributed by atoms with van der Waals surface area (Å²) < 4.78 is 0. The highest BCUT2D eigenvalue weighted by Crippen LogP contribution is 2.12. The molecule has 0 atom stereocenters. The number of nitrogens with two attached hydrogens (primary N) is 2. The summed E-state index contributed by atoms with van der Waals surface area (Å²) >= 11 is 0. The molecule has 0 radical (unpaired) electrons. The number of amides is 1. The number of carbonyl (C=O) groups excluding carboxylic acids is 1. The lowest BCUT2D eigenvalue weighted by atomic mass is 10.2. The van der Waals surface area contributed by atoms with E-state index in [0.29, 0.717) is 12.1 Å². The van der Waals surface area contributed by atoms with E-state index in [0.717, 1.165) is 30.8 Å². The maximum atomic E-state index is 10.5. The predicted octanol–water partition coefficient (Wildman–Crippen LogP) is 1.04. The molecular weight excluding hydrogens is 204 g/mol. The molecule has 1 rings (SSSR count). The molecule has 5 heteroatoms. The third-order valence-corrected chi connectivity index (χ3v) is 2.31. The van der Waals surface area contributed by atoms with E-state index in [1.165, 1.54) is 0 Å². The maximum Gasteiger partial charge on any atom is 0.217 e. The van der Waals surface area contributed by atoms with Gasteiger partial charge in [0.1, 0.15) is 5.82 Å². The molecular formula is C11H18N4O. The number of rotatable bonds is 6. The van der Waals surface area contributed by atoms with Crippen molar-refractivity contribution in [1.82, 2.24) is 4.98 Å². The van der Waals surface area contributed by atoms with Crippen molar-refractivity contribution in [2.45, 2.75) is 26.2 Å². The van der Waals surface area contributed by atoms with Crippen LogP contribution in [0, 0.1) is 6.92 Å². The Balaban J connectivity index is 2.27. The second-order valence-corrected chi connectivity index (χ2v) is 3.78. The number of nitrogen functional groups attached to an aromatic ring is 1. The molecule has 16 heavy (non-hydrogen) atoms. The summed E-state index contributed by atoms with van der Waals surface area (Å²) in [5.74, 6) is 0.562. The molecule has 88 valence electrons. The van der Waals surface area contributed by atoms with E-state index in [4.69, 9.17) is 11.5 Å². The summed E-state index contributed by atoms with van der Waals surface area (Å²) in [6.07, 6.45) is 3.78. The molecule has 1 heterocycles. The first-order valence-corrected chi connectivity index (χ1v) is 5.34. The van der Waals surface area contributed by atoms with Crippen LogP contribution in [0.3, 0.4) is 0 Å². The number of unbranched alkanes of at least 4 members (excludes halogenated alkanes) is 1. The van der Waals surface area contributed by atoms with Gasteiger partial charge in [0.15, 0.2) is 0 Å². The van der Waals surface area contributed by atoms with Crippen LogP contribution in [0.4, 0.5) is 11.5 Å². The van der Waals surface area contributed by atoms with Gasteiger partial charge in [-0.15, -0.1) is 0 Å². The number of carbonyl (C=O) groups is 1. The van der Waals surface area contributed by atoms with Gasteiger partial charge in [-0.25, -0.2) is 4.98 Å². The molecule has 5 N–H and O–H groups in total. The maximum absolute atomic E-state index is 10.5. The minimum atomic E-state index is -0.249. The van der Waals surface area contributed by atoms with E-state index in [9.17, 15) is 4.79 Å². The zero-order valence-electron chi connectivity index (χ0n) is 9.49. The Morgan fingerprint density at radius 2 is 2.25 bits per heavy atom. The summed E-state index contributed by atoms with van der Waals surface area (Å²) in [5, 5.41) is 3.17. The molecule has 5 nitrogen and oxygen atoms in total. The molecule has 0 saturated carbocycles. The average molecular weight is 222 g/mol. The molecule has 1 amide bonds. The summed E-state index contributed by atoms with van der Waals surface area (Å²) in [7, 11) is 0. The van der Waals surface area contributed by atoms with Crippen LogP contribution in [0.15, 0.2) is 12.3 Å². The van der Waals surface area contributed by atoms with Gasteiger partial charge < -0.3 is 16.8 Å². The van der Waals surface area contributed by atoms with Gasteiger partial charge in [0.05, 0.1) is 11.9 Å². The third kappa shape index (κ3) is 4.16. The van der Waals surface area contributed by atoms with Crippen LogP contribution >= 0.6 is 0 Å². The van der Waals surface area contributed by atoms with Crippen LogP contribution in [0.5, 0.6) is 0 Å². The smallest absolute Gasteiger partial charge is 0.217 e. The number of nitrogens with one attached hydrogen (secondary N) is 1. The highest BCUT2D eigenvalue weighted by atomic mass is 16.1. The summed E-state index contributed by atoms with van der Waals surface area (Å²) in [4.78, 5) is 14.6. The van der Waals surface area contributed by atoms with E-state index < -0.39 is 0 Å². The average Bonchev–Trinajstić information content (AvgIpc) is 2.22. The largest absolute Gasteiger partial charge is 0.397 e. The predicted molar refractivity (Wildman–Crippen MR) is 64.9 cm³/mol. The Morgan fingerprint density at radius 1 is 1.50 bits per heavy atom. The second-order valence-electron chi connectivity index (χ2n) is 3.78. The van der Waals surface area contributed by atoms with E-state index in [2.05, 4.69) is 10.3 Å². The highest BCUT2D eigenvalue weighted by Gasteiger charge is 1.98. The van der Waals surface area contributed by atoms with Crippen LogP contribution < -0.4 is 16.8 Å². The van der Waals surface area contributed by atoms with Crippen molar-refractivity contribution in [3.8, 4) is 0 Å². The number of primary amides is 1. The second kappa shape index (κ2) is 5.95. The van der Waals surface area contributed by atoms with Crippen molar-refractivity contribution in [2.75, 3.05) is 17.6 Å². The minimum absolute atomic E-state index is 0.249. The zero-order valence-corrected chi connectivity index (χ0v) is 9.49. The van der Waals surface area contributed by atoms with Crippen LogP contribution in [-0.4, -0.2) is 17.4 Å². The summed E-state index contributed by atoms with van der Waals surface area (Å²) in [5.41, 5.74) is 12.4. The first-order valence-electron chi connectivity index (χ1n) is 5.34. The van der Waals surface area contributed by atoms with Crippen molar-refractivity contribution in [3.05, 3.63) is 17.8 Å². The highest BCUT2D eigenvalue weighted by molar-refractivity contribution is 5.73. The quantitative estimate of drug-likeness (QED) is 0.627. The zero-order chi connectivity index (χ0) is 12.0. The molecule has 0 bridgehead atoms. The lowest BCUT2D eigenvalue weighted by Gasteiger charge is -2.06. The SMILES string of the molecule is Cc1cc(NCCCCC(N)=O)ncc1N. The third-order valence-electron chi connectivity index (χ3n) is 2.31. The van der Waals surface area contributed by atoms with Crippen LogP contribution in [0.2, 0.25) is 0 Å². The number of nitrogens with zero attached hydrogens (tertiary/aromatic N) is 1. The molecule has 1 aromatic rings. The van der Waals surface area contributed by atoms with Gasteiger partial charge in [-0.1, -0.05) is 0 Å². The topological polar surface area (TPSA) is 94.0 Å². The van der Waals surface area contributed by atoms with Crippen LogP contribution in [0.1, 0.15) is 24.8 Å². The lowest BCUT2D eigenvalue weighted by Crippen LogP contribution is -2.11. The summed E-state index contributed by atoms with van der Waals surface area (Å²) in [6, 6.07) is 1.91. The van der Waals surface area contributed by atoms with Crippen molar-refractivity contribution >= 4 is 17.4 Å². The van der Waals surface area contributed by atoms with Gasteiger partial charge in [-0.3, -0.25) is 4.79 Å². The molecule has 0 aliphatic carbocycles. The number of hydrogen-bond donors (Lipinski definition) is 3. The van der Waals surface area contributed by atoms with Crippen LogP contribution in [0.25, 0.3) is 0 Å². The van der Waals surface area contributed by atoms with Crippen molar-refractivity contribution in [3.63, 3.8) is 0 Å². The van der Waals surface area contributed by atoms with Crippen LogP contribution in [-0.2, 0) is 4.79 Å². The molecule has 0 aromatic carbocycles. The Hall–Kier alpha value is -1.78. The number of hydrogen-bond acceptors (Lipinski definition) is 4. The van der Waals surface area contributed by atoms with Gasteiger partial charge in [-0.05, 0) is 31.4 Å². The first-order chi connectivity index (χ1) is 7.59. The molecule has 1 aromatic heterocycles. The van der Waals surface area contributed by atoms with Gasteiger partial charge >= 0.3 is 0 Å². The Morgan fingerprint density at radius 3 is 2.88 bits per heavy atom. The number of aromatic nitrogens is 1. The van der Waals surface area contributed by atoms with E-state index in [1.807, 2.05) is 13.0 Å². The monoisotopic (exact) mass is 222 g/mol. The molecule has 0 unspecified atom stereocenters. The van der Waals surface area contributed by atoms with E-state index in [1.54, 1.807) is 6.20 Å². The standard InChI is InChI=1S/C11H18N4O/c1-8-6-11(15-7-9(8)12)14-5-3-2-4-10(13)16/h6-7H,2-5,12H2,1H3,(H2,13,16)(H,14,15). The van der Waals surface area contributed by atoms with Crippen molar-refractivity contribution in [1.29, 1.82) is 0 Å². The van der Waals surface area contributed by atoms with Gasteiger partial charge in [0.2, 0.25) is 5.91 Å². The normalized spacial score (nSPS) is 10.1. The fraction of sp³-hybridized carbons (Fsp3) is 0.455. The van der Waals surface area contributed by atoms with E-state index >= 15 is 0 Å². The Kier molecular flexibility index (Phi) is 4.57. The fourth-order valence-corrected chi connectivity index (χ4v) is 1.30. The minimum Gasteiger partial charge on any atom is -0.397 e. The Bertz CT molecular complexity index is 365. The molecule has 0 aliphatic rings. The number of anilines is 2. The van der Waals surface area contributed by atoms with Crippen molar-refractivity contribution < 1.29 is 4.79 Å². The fourth-order valence-electron chi connectivity index (χ4n) is 1.30. The lowest BCUT2D eigenvalue weighted by molar-refractivity contribution is -0.118. The summed E-state index contributed by atoms with van der Waals surface area (Å²) in [6.45, 7) is 2.72. The van der Waals surface area contributed by atoms with Gasteiger partial charge in [0.25, 0.3) is 0 Å². The Labute approximate surface area is 95.2 Å². The molecule has 0 fully saturated rings. The first kappa shape index (κ1) is 12.3. The molecule has 0 spiro atoms. The van der Waals surface area contributed by atoms with Crippen molar-refractivity contribution in [2.24, 2.45) is 5.73 Å². The molecule has 0 saturated heterocycles. The van der Waals surface area contributed by atoms with Gasteiger partial charge in [-0.2, -0.15) is 0 Å². The van der Waals surface area contributed by atoms with Gasteiger partial charge in [0, 0.05) is 13.0 Å². The number of aryl methyl sites for hydroxylation is 1. The molecule has 0 aliphatic heterocycles.